The lowest BCUT2D eigenvalue weighted by atomic mass is 10.2. The van der Waals surface area contributed by atoms with E-state index in [9.17, 15) is 10.1 Å². The van der Waals surface area contributed by atoms with Crippen LogP contribution in [0, 0.1) is 17.0 Å². The zero-order valence-corrected chi connectivity index (χ0v) is 11.1. The number of hydrogen-bond donors (Lipinski definition) is 2. The van der Waals surface area contributed by atoms with E-state index in [0.29, 0.717) is 5.56 Å². The Bertz CT molecular complexity index is 665. The molecule has 2 aromatic rings. The number of benzene rings is 1. The fraction of sp³-hybridized carbons (Fsp3) is 0.0909. The van der Waals surface area contributed by atoms with E-state index in [1.165, 1.54) is 18.3 Å². The molecular formula is C11H10ClN5O3. The Hall–Kier alpha value is -2.45. The quantitative estimate of drug-likeness (QED) is 0.505. The summed E-state index contributed by atoms with van der Waals surface area (Å²) in [6.45, 7) is 1.57. The van der Waals surface area contributed by atoms with Crippen molar-refractivity contribution in [3.63, 3.8) is 0 Å². The number of nitrogens with two attached hydrogens (primary N) is 1. The van der Waals surface area contributed by atoms with Gasteiger partial charge in [-0.1, -0.05) is 17.7 Å². The van der Waals surface area contributed by atoms with Crippen LogP contribution in [0.3, 0.4) is 0 Å². The molecule has 0 amide bonds. The number of halogens is 1. The third kappa shape index (κ3) is 2.76. The second-order valence-corrected chi connectivity index (χ2v) is 4.16. The first-order valence-electron chi connectivity index (χ1n) is 5.44. The van der Waals surface area contributed by atoms with Crippen LogP contribution >= 0.6 is 11.6 Å². The van der Waals surface area contributed by atoms with Crippen molar-refractivity contribution in [1.29, 1.82) is 0 Å². The van der Waals surface area contributed by atoms with Crippen molar-refractivity contribution in [2.45, 2.75) is 6.92 Å². The first-order chi connectivity index (χ1) is 9.52. The Kier molecular flexibility index (Phi) is 3.97. The van der Waals surface area contributed by atoms with Gasteiger partial charge in [-0.05, 0) is 13.0 Å². The van der Waals surface area contributed by atoms with Gasteiger partial charge in [-0.2, -0.15) is 4.98 Å². The van der Waals surface area contributed by atoms with Crippen LogP contribution in [0.2, 0.25) is 5.02 Å². The molecule has 0 unspecified atom stereocenters. The predicted octanol–water partition coefficient (Wildman–Crippen LogP) is 2.42. The highest BCUT2D eigenvalue weighted by Gasteiger charge is 2.16. The van der Waals surface area contributed by atoms with Crippen molar-refractivity contribution in [2.24, 2.45) is 5.84 Å². The molecule has 0 aliphatic rings. The summed E-state index contributed by atoms with van der Waals surface area (Å²) in [7, 11) is 0. The summed E-state index contributed by atoms with van der Waals surface area (Å²) in [6, 6.07) is 4.48. The van der Waals surface area contributed by atoms with Gasteiger partial charge in [-0.25, -0.2) is 10.8 Å². The third-order valence-electron chi connectivity index (χ3n) is 2.50. The average Bonchev–Trinajstić information content (AvgIpc) is 2.43. The minimum atomic E-state index is -0.489. The molecule has 2 rings (SSSR count). The van der Waals surface area contributed by atoms with Crippen molar-refractivity contribution in [1.82, 2.24) is 9.97 Å². The highest BCUT2D eigenvalue weighted by atomic mass is 35.5. The van der Waals surface area contributed by atoms with E-state index >= 15 is 0 Å². The maximum atomic E-state index is 10.9. The largest absolute Gasteiger partial charge is 0.437 e. The van der Waals surface area contributed by atoms with Crippen molar-refractivity contribution < 1.29 is 9.66 Å². The van der Waals surface area contributed by atoms with Gasteiger partial charge in [0.1, 0.15) is 10.8 Å². The highest BCUT2D eigenvalue weighted by molar-refractivity contribution is 6.31. The molecule has 0 atom stereocenters. The first kappa shape index (κ1) is 14.0. The van der Waals surface area contributed by atoms with Gasteiger partial charge in [0.15, 0.2) is 0 Å². The van der Waals surface area contributed by atoms with E-state index < -0.39 is 4.92 Å². The molecule has 0 aliphatic heterocycles. The number of anilines is 1. The summed E-state index contributed by atoms with van der Waals surface area (Å²) in [5, 5.41) is 11.0. The van der Waals surface area contributed by atoms with Crippen LogP contribution in [-0.4, -0.2) is 14.9 Å². The first-order valence-corrected chi connectivity index (χ1v) is 5.81. The Morgan fingerprint density at radius 2 is 2.25 bits per heavy atom. The molecule has 0 spiro atoms. The molecule has 104 valence electrons. The number of rotatable bonds is 4. The number of aromatic nitrogens is 2. The predicted molar refractivity (Wildman–Crippen MR) is 72.8 cm³/mol. The lowest BCUT2D eigenvalue weighted by Crippen LogP contribution is -2.10. The van der Waals surface area contributed by atoms with E-state index in [1.807, 2.05) is 0 Å². The average molecular weight is 296 g/mol. The van der Waals surface area contributed by atoms with E-state index in [-0.39, 0.29) is 28.3 Å². The number of hydrazine groups is 1. The standard InChI is InChI=1S/C11H10ClN5O3/c1-6-8(17(18)19)3-2-4-9(6)20-10-7(12)5-14-11(15-10)16-13/h2-5H,13H2,1H3,(H,14,15,16). The van der Waals surface area contributed by atoms with Crippen molar-refractivity contribution >= 4 is 23.2 Å². The van der Waals surface area contributed by atoms with E-state index in [4.69, 9.17) is 22.2 Å². The van der Waals surface area contributed by atoms with E-state index in [2.05, 4.69) is 15.4 Å². The van der Waals surface area contributed by atoms with Crippen molar-refractivity contribution in [3.05, 3.63) is 45.1 Å². The van der Waals surface area contributed by atoms with Crippen LogP contribution in [0.4, 0.5) is 11.6 Å². The lowest BCUT2D eigenvalue weighted by molar-refractivity contribution is -0.385. The molecule has 1 heterocycles. The van der Waals surface area contributed by atoms with E-state index in [0.717, 1.165) is 0 Å². The number of nitro groups is 1. The zero-order chi connectivity index (χ0) is 14.7. The van der Waals surface area contributed by atoms with Crippen molar-refractivity contribution in [3.8, 4) is 11.6 Å². The minimum Gasteiger partial charge on any atom is -0.437 e. The van der Waals surface area contributed by atoms with Crippen LogP contribution in [0.5, 0.6) is 11.6 Å². The number of ether oxygens (including phenoxy) is 1. The summed E-state index contributed by atoms with van der Waals surface area (Å²) >= 11 is 5.91. The Morgan fingerprint density at radius 1 is 1.50 bits per heavy atom. The van der Waals surface area contributed by atoms with Gasteiger partial charge in [-0.15, -0.1) is 0 Å². The number of nitrogens with zero attached hydrogens (tertiary/aromatic N) is 3. The monoisotopic (exact) mass is 295 g/mol. The van der Waals surface area contributed by atoms with E-state index in [1.54, 1.807) is 13.0 Å². The summed E-state index contributed by atoms with van der Waals surface area (Å²) in [4.78, 5) is 18.1. The summed E-state index contributed by atoms with van der Waals surface area (Å²) < 4.78 is 5.49. The molecule has 0 radical (unpaired) electrons. The number of nitrogens with one attached hydrogen (secondary N) is 1. The van der Waals surface area contributed by atoms with Crippen LogP contribution in [0.1, 0.15) is 5.56 Å². The fourth-order valence-corrected chi connectivity index (χ4v) is 1.64. The van der Waals surface area contributed by atoms with Gasteiger partial charge in [-0.3, -0.25) is 15.5 Å². The molecule has 0 fully saturated rings. The number of hydrogen-bond acceptors (Lipinski definition) is 7. The molecule has 1 aromatic heterocycles. The third-order valence-corrected chi connectivity index (χ3v) is 2.76. The summed E-state index contributed by atoms with van der Waals surface area (Å²) in [5.41, 5.74) is 2.57. The van der Waals surface area contributed by atoms with Crippen LogP contribution < -0.4 is 16.0 Å². The normalized spacial score (nSPS) is 10.2. The molecule has 9 heteroatoms. The van der Waals surface area contributed by atoms with Gasteiger partial charge in [0.05, 0.1) is 16.7 Å². The van der Waals surface area contributed by atoms with Gasteiger partial charge in [0, 0.05) is 6.07 Å². The summed E-state index contributed by atoms with van der Waals surface area (Å²) in [5.74, 6) is 5.65. The van der Waals surface area contributed by atoms with Gasteiger partial charge < -0.3 is 4.74 Å². The molecule has 0 saturated carbocycles. The molecule has 1 aromatic carbocycles. The second-order valence-electron chi connectivity index (χ2n) is 3.75. The maximum absolute atomic E-state index is 10.9. The van der Waals surface area contributed by atoms with Crippen LogP contribution in [-0.2, 0) is 0 Å². The molecule has 0 aliphatic carbocycles. The minimum absolute atomic E-state index is 0.0511. The second kappa shape index (κ2) is 5.68. The SMILES string of the molecule is Cc1c(Oc2nc(NN)ncc2Cl)cccc1[N+](=O)[O-]. The maximum Gasteiger partial charge on any atom is 0.276 e. The topological polar surface area (TPSA) is 116 Å². The summed E-state index contributed by atoms with van der Waals surface area (Å²) in [6.07, 6.45) is 1.31. The zero-order valence-electron chi connectivity index (χ0n) is 10.3. The van der Waals surface area contributed by atoms with Crippen LogP contribution in [0.15, 0.2) is 24.4 Å². The molecule has 0 saturated heterocycles. The van der Waals surface area contributed by atoms with Crippen LogP contribution in [0.25, 0.3) is 0 Å². The Labute approximate surface area is 118 Å². The molecule has 8 nitrogen and oxygen atoms in total. The Morgan fingerprint density at radius 3 is 2.90 bits per heavy atom. The number of nitro benzene ring substituents is 1. The molecular weight excluding hydrogens is 286 g/mol. The fourth-order valence-electron chi connectivity index (χ4n) is 1.51. The number of nitrogen functional groups attached to an aromatic ring is 1. The Balaban J connectivity index is 2.40. The lowest BCUT2D eigenvalue weighted by Gasteiger charge is -2.09. The highest BCUT2D eigenvalue weighted by Crippen LogP contribution is 2.33. The molecule has 20 heavy (non-hydrogen) atoms. The molecule has 0 bridgehead atoms. The van der Waals surface area contributed by atoms with Gasteiger partial charge in [0.25, 0.3) is 5.69 Å². The van der Waals surface area contributed by atoms with Gasteiger partial charge >= 0.3 is 0 Å². The van der Waals surface area contributed by atoms with Crippen molar-refractivity contribution in [2.75, 3.05) is 5.43 Å². The van der Waals surface area contributed by atoms with Gasteiger partial charge in [0.2, 0.25) is 11.8 Å². The molecule has 3 N–H and O–H groups in total. The smallest absolute Gasteiger partial charge is 0.276 e.